The van der Waals surface area contributed by atoms with Crippen molar-refractivity contribution in [1.82, 2.24) is 10.2 Å². The van der Waals surface area contributed by atoms with Gasteiger partial charge in [0.2, 0.25) is 0 Å². The van der Waals surface area contributed by atoms with E-state index in [1.807, 2.05) is 0 Å². The molecule has 2 fully saturated rings. The third-order valence-electron chi connectivity index (χ3n) is 2.82. The Morgan fingerprint density at radius 3 is 3.27 bits per heavy atom. The highest BCUT2D eigenvalue weighted by Gasteiger charge is 2.30. The zero-order valence-corrected chi connectivity index (χ0v) is 7.69. The Balaban J connectivity index is 1.91. The van der Waals surface area contributed by atoms with Crippen molar-refractivity contribution in [3.05, 3.63) is 0 Å². The molecule has 0 radical (unpaired) electrons. The maximum Gasteiger partial charge on any atom is 0.0283 e. The van der Waals surface area contributed by atoms with Gasteiger partial charge in [0.05, 0.1) is 0 Å². The van der Waals surface area contributed by atoms with Crippen LogP contribution < -0.4 is 5.32 Å². The smallest absolute Gasteiger partial charge is 0.0283 e. The maximum absolute atomic E-state index is 4.30. The molecule has 2 aliphatic rings. The molecule has 0 aromatic heterocycles. The van der Waals surface area contributed by atoms with E-state index in [-0.39, 0.29) is 0 Å². The van der Waals surface area contributed by atoms with Crippen LogP contribution in [0.4, 0.5) is 0 Å². The summed E-state index contributed by atoms with van der Waals surface area (Å²) in [7, 11) is 0. The van der Waals surface area contributed by atoms with Crippen molar-refractivity contribution < 1.29 is 0 Å². The maximum atomic E-state index is 4.30. The average Bonchev–Trinajstić information content (AvgIpc) is 2.50. The van der Waals surface area contributed by atoms with E-state index in [1.165, 1.54) is 32.5 Å². The number of nitrogens with zero attached hydrogens (tertiary/aromatic N) is 1. The molecule has 2 nitrogen and oxygen atoms in total. The van der Waals surface area contributed by atoms with E-state index in [2.05, 4.69) is 22.8 Å². The molecule has 11 heavy (non-hydrogen) atoms. The molecule has 0 saturated carbocycles. The number of rotatable bonds is 1. The number of hydrogen-bond donors (Lipinski definition) is 2. The van der Waals surface area contributed by atoms with E-state index in [4.69, 9.17) is 0 Å². The Labute approximate surface area is 73.7 Å². The van der Waals surface area contributed by atoms with Gasteiger partial charge < -0.3 is 5.32 Å². The highest BCUT2D eigenvalue weighted by Crippen LogP contribution is 2.19. The summed E-state index contributed by atoms with van der Waals surface area (Å²) in [6.07, 6.45) is 2.79. The molecule has 0 aromatic rings. The van der Waals surface area contributed by atoms with Crippen molar-refractivity contribution in [3.63, 3.8) is 0 Å². The molecule has 2 aliphatic heterocycles. The van der Waals surface area contributed by atoms with Crippen LogP contribution in [-0.2, 0) is 0 Å². The van der Waals surface area contributed by atoms with E-state index in [1.54, 1.807) is 0 Å². The topological polar surface area (TPSA) is 15.3 Å². The third-order valence-corrected chi connectivity index (χ3v) is 3.26. The van der Waals surface area contributed by atoms with Gasteiger partial charge in [0.1, 0.15) is 0 Å². The zero-order valence-electron chi connectivity index (χ0n) is 6.79. The largest absolute Gasteiger partial charge is 0.310 e. The van der Waals surface area contributed by atoms with Crippen LogP contribution in [0.5, 0.6) is 0 Å². The molecule has 1 N–H and O–H groups in total. The lowest BCUT2D eigenvalue weighted by Gasteiger charge is -2.35. The predicted molar refractivity (Wildman–Crippen MR) is 50.2 cm³/mol. The van der Waals surface area contributed by atoms with E-state index < -0.39 is 0 Å². The quantitative estimate of drug-likeness (QED) is 0.555. The summed E-state index contributed by atoms with van der Waals surface area (Å²) >= 11 is 4.30. The molecule has 2 atom stereocenters. The molecular weight excluding hydrogens is 156 g/mol. The molecule has 0 bridgehead atoms. The molecular formula is C8H16N2S. The van der Waals surface area contributed by atoms with Crippen molar-refractivity contribution in [3.8, 4) is 0 Å². The molecule has 3 heteroatoms. The van der Waals surface area contributed by atoms with Crippen LogP contribution in [0.3, 0.4) is 0 Å². The Morgan fingerprint density at radius 1 is 1.55 bits per heavy atom. The third kappa shape index (κ3) is 1.55. The Bertz CT molecular complexity index is 140. The number of piperazine rings is 1. The fourth-order valence-electron chi connectivity index (χ4n) is 2.14. The molecule has 0 amide bonds. The summed E-state index contributed by atoms with van der Waals surface area (Å²) in [6, 6.07) is 1.47. The van der Waals surface area contributed by atoms with Crippen molar-refractivity contribution in [2.75, 3.05) is 25.4 Å². The minimum atomic E-state index is 0.632. The fourth-order valence-corrected chi connectivity index (χ4v) is 2.38. The molecule has 0 aliphatic carbocycles. The lowest BCUT2D eigenvalue weighted by molar-refractivity contribution is 0.182. The van der Waals surface area contributed by atoms with E-state index in [9.17, 15) is 0 Å². The van der Waals surface area contributed by atoms with Crippen LogP contribution in [0.2, 0.25) is 0 Å². The van der Waals surface area contributed by atoms with Crippen molar-refractivity contribution >= 4 is 12.6 Å². The van der Waals surface area contributed by atoms with E-state index in [0.717, 1.165) is 11.8 Å². The summed E-state index contributed by atoms with van der Waals surface area (Å²) in [5, 5.41) is 3.52. The van der Waals surface area contributed by atoms with Crippen LogP contribution in [0.15, 0.2) is 0 Å². The summed E-state index contributed by atoms with van der Waals surface area (Å²) < 4.78 is 0. The molecule has 64 valence electrons. The van der Waals surface area contributed by atoms with Gasteiger partial charge in [-0.1, -0.05) is 0 Å². The Hall–Kier alpha value is 0.270. The second-order valence-corrected chi connectivity index (χ2v) is 3.94. The first-order valence-corrected chi connectivity index (χ1v) is 5.11. The molecule has 2 heterocycles. The minimum absolute atomic E-state index is 0.632. The number of hydrogen-bond acceptors (Lipinski definition) is 3. The first-order valence-electron chi connectivity index (χ1n) is 4.48. The standard InChI is InChI=1S/C8H16N2S/c11-6-7-5-10-3-1-2-8(10)4-9-7/h7-9,11H,1-6H2/t7-,8-/m0/s1. The van der Waals surface area contributed by atoms with Gasteiger partial charge >= 0.3 is 0 Å². The van der Waals surface area contributed by atoms with Gasteiger partial charge in [-0.2, -0.15) is 12.6 Å². The number of fused-ring (bicyclic) bond motifs is 1. The summed E-state index contributed by atoms with van der Waals surface area (Å²) in [5.41, 5.74) is 0. The van der Waals surface area contributed by atoms with Crippen LogP contribution in [0, 0.1) is 0 Å². The molecule has 0 unspecified atom stereocenters. The monoisotopic (exact) mass is 172 g/mol. The van der Waals surface area contributed by atoms with Crippen LogP contribution >= 0.6 is 12.6 Å². The van der Waals surface area contributed by atoms with E-state index >= 15 is 0 Å². The second kappa shape index (κ2) is 3.33. The average molecular weight is 172 g/mol. The second-order valence-electron chi connectivity index (χ2n) is 3.58. The summed E-state index contributed by atoms with van der Waals surface area (Å²) in [5.74, 6) is 0.975. The van der Waals surface area contributed by atoms with Gasteiger partial charge in [-0.15, -0.1) is 0 Å². The first-order chi connectivity index (χ1) is 5.40. The van der Waals surface area contributed by atoms with Crippen LogP contribution in [-0.4, -0.2) is 42.4 Å². The SMILES string of the molecule is SC[C@@H]1CN2CCC[C@H]2CN1. The van der Waals surface area contributed by atoms with Gasteiger partial charge in [0, 0.05) is 30.9 Å². The van der Waals surface area contributed by atoms with Gasteiger partial charge in [0.15, 0.2) is 0 Å². The van der Waals surface area contributed by atoms with Gasteiger partial charge in [0.25, 0.3) is 0 Å². The zero-order chi connectivity index (χ0) is 7.68. The summed E-state index contributed by atoms with van der Waals surface area (Å²) in [6.45, 7) is 3.72. The first kappa shape index (κ1) is 7.90. The van der Waals surface area contributed by atoms with Gasteiger partial charge in [-0.3, -0.25) is 4.90 Å². The molecule has 2 rings (SSSR count). The van der Waals surface area contributed by atoms with Crippen LogP contribution in [0.1, 0.15) is 12.8 Å². The Morgan fingerprint density at radius 2 is 2.45 bits per heavy atom. The molecule has 0 spiro atoms. The van der Waals surface area contributed by atoms with Crippen molar-refractivity contribution in [2.24, 2.45) is 0 Å². The number of nitrogens with one attached hydrogen (secondary N) is 1. The van der Waals surface area contributed by atoms with E-state index in [0.29, 0.717) is 6.04 Å². The predicted octanol–water partition coefficient (Wildman–Crippen LogP) is 0.352. The lowest BCUT2D eigenvalue weighted by atomic mass is 10.1. The Kier molecular flexibility index (Phi) is 2.39. The van der Waals surface area contributed by atoms with Gasteiger partial charge in [-0.05, 0) is 19.4 Å². The summed E-state index contributed by atoms with van der Waals surface area (Å²) in [4.78, 5) is 2.61. The van der Waals surface area contributed by atoms with Crippen LogP contribution in [0.25, 0.3) is 0 Å². The minimum Gasteiger partial charge on any atom is -0.310 e. The number of thiol groups is 1. The highest BCUT2D eigenvalue weighted by atomic mass is 32.1. The van der Waals surface area contributed by atoms with Crippen molar-refractivity contribution in [1.29, 1.82) is 0 Å². The lowest BCUT2D eigenvalue weighted by Crippen LogP contribution is -2.54. The highest BCUT2D eigenvalue weighted by molar-refractivity contribution is 7.80. The van der Waals surface area contributed by atoms with Gasteiger partial charge in [-0.25, -0.2) is 0 Å². The van der Waals surface area contributed by atoms with Crippen molar-refractivity contribution in [2.45, 2.75) is 24.9 Å². The normalized spacial score (nSPS) is 39.0. The molecule has 0 aromatic carbocycles. The fraction of sp³-hybridized carbons (Fsp3) is 1.00. The molecule has 2 saturated heterocycles.